The number of imide groups is 1. The fourth-order valence-electron chi connectivity index (χ4n) is 8.63. The van der Waals surface area contributed by atoms with Crippen molar-refractivity contribution in [1.29, 1.82) is 0 Å². The fraction of sp³-hybridized carbons (Fsp3) is 0.233. The zero-order valence-corrected chi connectivity index (χ0v) is 29.6. The van der Waals surface area contributed by atoms with Gasteiger partial charge in [0.15, 0.2) is 6.10 Å². The van der Waals surface area contributed by atoms with E-state index in [4.69, 9.17) is 18.9 Å². The number of amides is 3. The average molecular weight is 737 g/mol. The molecule has 3 amide bonds. The van der Waals surface area contributed by atoms with Crippen molar-refractivity contribution in [3.8, 4) is 0 Å². The predicted octanol–water partition coefficient (Wildman–Crippen LogP) is 6.84. The van der Waals surface area contributed by atoms with E-state index in [2.05, 4.69) is 4.98 Å². The van der Waals surface area contributed by atoms with Crippen molar-refractivity contribution in [3.05, 3.63) is 131 Å². The second-order valence-corrected chi connectivity index (χ2v) is 14.2. The number of carbonyl (C=O) groups is 3. The van der Waals surface area contributed by atoms with E-state index in [9.17, 15) is 19.5 Å². The van der Waals surface area contributed by atoms with Gasteiger partial charge in [-0.15, -0.1) is 0 Å². The number of aliphatic hydroxyl groups excluding tert-OH is 1. The second kappa shape index (κ2) is 13.4. The summed E-state index contributed by atoms with van der Waals surface area (Å²) in [5, 5.41) is 13.4. The molecule has 7 aromatic rings. The van der Waals surface area contributed by atoms with Crippen LogP contribution in [-0.2, 0) is 32.2 Å². The fourth-order valence-corrected chi connectivity index (χ4v) is 8.63. The summed E-state index contributed by atoms with van der Waals surface area (Å²) in [5.41, 5.74) is 5.45. The van der Waals surface area contributed by atoms with E-state index in [1.165, 1.54) is 4.90 Å². The minimum absolute atomic E-state index is 0.00843. The van der Waals surface area contributed by atoms with Gasteiger partial charge in [-0.3, -0.25) is 14.5 Å². The van der Waals surface area contributed by atoms with Crippen molar-refractivity contribution in [2.24, 2.45) is 0 Å². The van der Waals surface area contributed by atoms with Crippen LogP contribution in [0.3, 0.4) is 0 Å². The van der Waals surface area contributed by atoms with Crippen LogP contribution in [0.15, 0.2) is 109 Å². The Bertz CT molecular complexity index is 2640. The van der Waals surface area contributed by atoms with Gasteiger partial charge in [-0.1, -0.05) is 97.1 Å². The van der Waals surface area contributed by atoms with Gasteiger partial charge in [0.05, 0.1) is 53.5 Å². The van der Waals surface area contributed by atoms with E-state index >= 15 is 0 Å². The summed E-state index contributed by atoms with van der Waals surface area (Å²) in [6.45, 7) is -0.0647. The molecule has 12 heteroatoms. The van der Waals surface area contributed by atoms with Gasteiger partial charge in [-0.25, -0.2) is 9.69 Å². The number of carbonyl (C=O) groups excluding carboxylic acids is 3. The standard InChI is InChI=1S/C43H36N4O8/c48-20-32-40-31(45(43(51)55-40)23-52-21-25-11-3-1-4-12-25)19-33(54-32)47-30-18-10-8-16-28(30)35-37-36(34-27-15-7-9-17-29(27)44-38(34)39(35)47)41(49)46(42(37)50)24-53-22-26-13-5-2-6-14-26/h1-18,31-33,40,44,48H,19-24H2/t31-,32+,33-,40-/m1/s1. The van der Waals surface area contributed by atoms with Gasteiger partial charge < -0.3 is 33.6 Å². The molecule has 0 bridgehead atoms. The third kappa shape index (κ3) is 5.32. The average Bonchev–Trinajstić information content (AvgIpc) is 3.93. The quantitative estimate of drug-likeness (QED) is 0.146. The van der Waals surface area contributed by atoms with E-state index in [0.717, 1.165) is 32.9 Å². The Kier molecular flexibility index (Phi) is 8.14. The molecule has 55 heavy (non-hydrogen) atoms. The number of fused-ring (bicyclic) bond motifs is 11. The number of aromatic nitrogens is 2. The van der Waals surface area contributed by atoms with Crippen molar-refractivity contribution in [2.75, 3.05) is 20.1 Å². The Labute approximate surface area is 314 Å². The van der Waals surface area contributed by atoms with Gasteiger partial charge in [0.25, 0.3) is 11.8 Å². The lowest BCUT2D eigenvalue weighted by Gasteiger charge is -2.39. The van der Waals surface area contributed by atoms with Gasteiger partial charge in [0.2, 0.25) is 0 Å². The van der Waals surface area contributed by atoms with E-state index in [1.54, 1.807) is 4.90 Å². The highest BCUT2D eigenvalue weighted by Crippen LogP contribution is 2.48. The lowest BCUT2D eigenvalue weighted by atomic mass is 9.96. The number of ether oxygens (including phenoxy) is 4. The van der Waals surface area contributed by atoms with E-state index in [1.807, 2.05) is 114 Å². The Morgan fingerprint density at radius 3 is 2.05 bits per heavy atom. The Hall–Kier alpha value is -6.05. The summed E-state index contributed by atoms with van der Waals surface area (Å²) < 4.78 is 26.5. The number of aromatic amines is 1. The summed E-state index contributed by atoms with van der Waals surface area (Å²) in [5.74, 6) is -0.867. The summed E-state index contributed by atoms with van der Waals surface area (Å²) in [4.78, 5) is 48.7. The first-order chi connectivity index (χ1) is 27.0. The normalized spacial score (nSPS) is 21.0. The number of nitrogens with one attached hydrogen (secondary N) is 1. The molecule has 0 saturated carbocycles. The molecule has 10 rings (SSSR count). The highest BCUT2D eigenvalue weighted by molar-refractivity contribution is 6.39. The smallest absolute Gasteiger partial charge is 0.412 e. The zero-order chi connectivity index (χ0) is 37.2. The number of rotatable bonds is 10. The minimum atomic E-state index is -0.837. The molecule has 0 radical (unpaired) electrons. The first-order valence-electron chi connectivity index (χ1n) is 18.3. The molecule has 0 spiro atoms. The third-order valence-electron chi connectivity index (χ3n) is 11.1. The molecule has 2 N–H and O–H groups in total. The molecule has 4 atom stereocenters. The molecule has 2 saturated heterocycles. The van der Waals surface area contributed by atoms with E-state index < -0.39 is 42.4 Å². The van der Waals surface area contributed by atoms with Crippen molar-refractivity contribution < 1.29 is 38.4 Å². The van der Waals surface area contributed by atoms with Crippen molar-refractivity contribution in [3.63, 3.8) is 0 Å². The highest BCUT2D eigenvalue weighted by atomic mass is 16.6. The number of benzene rings is 5. The molecule has 3 aliphatic heterocycles. The molecule has 276 valence electrons. The zero-order valence-electron chi connectivity index (χ0n) is 29.6. The molecular formula is C43H36N4O8. The first kappa shape index (κ1) is 33.5. The second-order valence-electron chi connectivity index (χ2n) is 14.2. The molecule has 5 heterocycles. The number of hydrogen-bond donors (Lipinski definition) is 2. The topological polar surface area (TPSA) is 136 Å². The Morgan fingerprint density at radius 2 is 1.35 bits per heavy atom. The van der Waals surface area contributed by atoms with Gasteiger partial charge in [0, 0.05) is 33.5 Å². The predicted molar refractivity (Wildman–Crippen MR) is 203 cm³/mol. The van der Waals surface area contributed by atoms with Crippen molar-refractivity contribution in [2.45, 2.75) is 44.1 Å². The molecule has 3 aliphatic rings. The summed E-state index contributed by atoms with van der Waals surface area (Å²) >= 11 is 0. The van der Waals surface area contributed by atoms with Gasteiger partial charge in [0.1, 0.15) is 25.8 Å². The lowest BCUT2D eigenvalue weighted by molar-refractivity contribution is -0.161. The number of para-hydroxylation sites is 2. The van der Waals surface area contributed by atoms with Gasteiger partial charge in [-0.2, -0.15) is 0 Å². The molecule has 2 aromatic heterocycles. The van der Waals surface area contributed by atoms with Gasteiger partial charge >= 0.3 is 6.09 Å². The van der Waals surface area contributed by atoms with Crippen LogP contribution < -0.4 is 0 Å². The summed E-state index contributed by atoms with van der Waals surface area (Å²) in [7, 11) is 0. The summed E-state index contributed by atoms with van der Waals surface area (Å²) in [6.07, 6.45) is -2.50. The maximum Gasteiger partial charge on any atom is 0.412 e. The highest BCUT2D eigenvalue weighted by Gasteiger charge is 2.52. The van der Waals surface area contributed by atoms with Crippen LogP contribution in [0.1, 0.15) is 44.5 Å². The van der Waals surface area contributed by atoms with Crippen LogP contribution in [0.4, 0.5) is 4.79 Å². The van der Waals surface area contributed by atoms with Crippen molar-refractivity contribution in [1.82, 2.24) is 19.4 Å². The number of aliphatic hydroxyl groups is 1. The first-order valence-corrected chi connectivity index (χ1v) is 18.3. The Balaban J connectivity index is 1.10. The minimum Gasteiger partial charge on any atom is -0.441 e. The third-order valence-corrected chi connectivity index (χ3v) is 11.1. The van der Waals surface area contributed by atoms with Crippen LogP contribution in [-0.4, -0.2) is 80.7 Å². The Morgan fingerprint density at radius 1 is 0.727 bits per heavy atom. The molecule has 5 aromatic carbocycles. The van der Waals surface area contributed by atoms with Crippen LogP contribution >= 0.6 is 0 Å². The van der Waals surface area contributed by atoms with Crippen LogP contribution in [0.2, 0.25) is 0 Å². The van der Waals surface area contributed by atoms with Crippen LogP contribution in [0.25, 0.3) is 43.6 Å². The van der Waals surface area contributed by atoms with Gasteiger partial charge in [-0.05, 0) is 23.3 Å². The number of hydrogen-bond acceptors (Lipinski definition) is 8. The molecule has 12 nitrogen and oxygen atoms in total. The maximum atomic E-state index is 14.6. The van der Waals surface area contributed by atoms with Crippen LogP contribution in [0.5, 0.6) is 0 Å². The molecule has 0 aliphatic carbocycles. The van der Waals surface area contributed by atoms with E-state index in [-0.39, 0.29) is 26.7 Å². The molecule has 0 unspecified atom stereocenters. The van der Waals surface area contributed by atoms with Crippen molar-refractivity contribution >= 4 is 61.5 Å². The summed E-state index contributed by atoms with van der Waals surface area (Å²) in [6, 6.07) is 34.2. The molecular weight excluding hydrogens is 700 g/mol. The maximum absolute atomic E-state index is 14.6. The number of nitrogens with zero attached hydrogens (tertiary/aromatic N) is 3. The monoisotopic (exact) mass is 736 g/mol. The lowest BCUT2D eigenvalue weighted by Crippen LogP contribution is -2.51. The van der Waals surface area contributed by atoms with E-state index in [0.29, 0.717) is 46.0 Å². The largest absolute Gasteiger partial charge is 0.441 e. The van der Waals surface area contributed by atoms with Crippen LogP contribution in [0, 0.1) is 0 Å². The molecule has 2 fully saturated rings. The SMILES string of the molecule is O=C1c2c(c3c4ccccc4n([C@H]4C[C@@H]5[C@@H](OC(=O)N5COCc5ccccc5)[C@H](CO)O4)c3c3[nH]c4ccccc4c23)C(=O)N1COCc1ccccc1. The number of H-pyrrole nitrogens is 1.